The van der Waals surface area contributed by atoms with Crippen LogP contribution in [0.2, 0.25) is 10.0 Å². The largest absolute Gasteiger partial charge is 0.395 e. The summed E-state index contributed by atoms with van der Waals surface area (Å²) in [5, 5.41) is 4.47. The number of nitrogens with one attached hydrogen (secondary N) is 1. The van der Waals surface area contributed by atoms with Gasteiger partial charge in [0.25, 0.3) is 0 Å². The third-order valence-corrected chi connectivity index (χ3v) is 4.57. The van der Waals surface area contributed by atoms with E-state index in [1.54, 1.807) is 22.9 Å². The van der Waals surface area contributed by atoms with E-state index in [4.69, 9.17) is 28.9 Å². The molecule has 0 radical (unpaired) electrons. The first-order chi connectivity index (χ1) is 9.56. The molecule has 0 amide bonds. The number of nitrogens with two attached hydrogens (primary N) is 1. The average Bonchev–Trinajstić information content (AvgIpc) is 2.88. The van der Waals surface area contributed by atoms with E-state index in [0.717, 1.165) is 27.2 Å². The zero-order valence-electron chi connectivity index (χ0n) is 10.6. The standard InChI is InChI=1S/C14H11Cl2N3S/c1-7-4-9(16)11(5-8(7)15)19-10-2-3-12-14(13(10)17)18-6-20-12/h2-6,19H,17H2,1H3. The molecular formula is C14H11Cl2N3S. The first-order valence-corrected chi connectivity index (χ1v) is 7.54. The van der Waals surface area contributed by atoms with Crippen LogP contribution in [0.3, 0.4) is 0 Å². The minimum Gasteiger partial charge on any atom is -0.395 e. The molecule has 0 aliphatic carbocycles. The number of anilines is 3. The fourth-order valence-electron chi connectivity index (χ4n) is 1.95. The summed E-state index contributed by atoms with van der Waals surface area (Å²) in [6.07, 6.45) is 0. The third-order valence-electron chi connectivity index (χ3n) is 3.06. The van der Waals surface area contributed by atoms with Crippen molar-refractivity contribution in [2.45, 2.75) is 6.92 Å². The van der Waals surface area contributed by atoms with E-state index in [-0.39, 0.29) is 0 Å². The van der Waals surface area contributed by atoms with Gasteiger partial charge in [0, 0.05) is 5.02 Å². The molecule has 0 fully saturated rings. The molecule has 0 saturated heterocycles. The molecule has 102 valence electrons. The number of aromatic nitrogens is 1. The normalized spacial score (nSPS) is 10.9. The Morgan fingerprint density at radius 2 is 1.95 bits per heavy atom. The Morgan fingerprint density at radius 3 is 2.75 bits per heavy atom. The molecule has 3 rings (SSSR count). The Bertz CT molecular complexity index is 798. The lowest BCUT2D eigenvalue weighted by atomic mass is 10.2. The molecular weight excluding hydrogens is 313 g/mol. The molecule has 0 atom stereocenters. The Kier molecular flexibility index (Phi) is 3.46. The molecule has 2 aromatic carbocycles. The highest BCUT2D eigenvalue weighted by atomic mass is 35.5. The summed E-state index contributed by atoms with van der Waals surface area (Å²) >= 11 is 13.9. The summed E-state index contributed by atoms with van der Waals surface area (Å²) in [6, 6.07) is 7.52. The van der Waals surface area contributed by atoms with E-state index in [2.05, 4.69) is 10.3 Å². The topological polar surface area (TPSA) is 50.9 Å². The highest BCUT2D eigenvalue weighted by Gasteiger charge is 2.10. The highest BCUT2D eigenvalue weighted by molar-refractivity contribution is 7.16. The maximum atomic E-state index is 6.23. The van der Waals surface area contributed by atoms with Gasteiger partial charge >= 0.3 is 0 Å². The van der Waals surface area contributed by atoms with Gasteiger partial charge in [0.1, 0.15) is 5.52 Å². The Balaban J connectivity index is 2.05. The second kappa shape index (κ2) is 5.13. The molecule has 0 unspecified atom stereocenters. The van der Waals surface area contributed by atoms with E-state index in [1.165, 1.54) is 0 Å². The van der Waals surface area contributed by atoms with Gasteiger partial charge in [0.2, 0.25) is 0 Å². The maximum absolute atomic E-state index is 6.23. The number of rotatable bonds is 2. The predicted molar refractivity (Wildman–Crippen MR) is 88.5 cm³/mol. The molecule has 0 spiro atoms. The molecule has 1 heterocycles. The molecule has 0 saturated carbocycles. The molecule has 1 aromatic heterocycles. The number of halogens is 2. The van der Waals surface area contributed by atoms with Crippen LogP contribution in [0.15, 0.2) is 29.8 Å². The van der Waals surface area contributed by atoms with Gasteiger partial charge in [-0.2, -0.15) is 0 Å². The summed E-state index contributed by atoms with van der Waals surface area (Å²) in [5.74, 6) is 0. The summed E-state index contributed by atoms with van der Waals surface area (Å²) in [7, 11) is 0. The van der Waals surface area contributed by atoms with Crippen molar-refractivity contribution in [1.29, 1.82) is 0 Å². The third kappa shape index (κ3) is 2.30. The fourth-order valence-corrected chi connectivity index (χ4v) is 3.07. The van der Waals surface area contributed by atoms with Crippen LogP contribution < -0.4 is 11.1 Å². The first kappa shape index (κ1) is 13.5. The highest BCUT2D eigenvalue weighted by Crippen LogP contribution is 2.35. The van der Waals surface area contributed by atoms with Gasteiger partial charge in [-0.15, -0.1) is 11.3 Å². The monoisotopic (exact) mass is 323 g/mol. The number of hydrogen-bond donors (Lipinski definition) is 2. The average molecular weight is 324 g/mol. The van der Waals surface area contributed by atoms with Crippen LogP contribution in [0.25, 0.3) is 10.2 Å². The van der Waals surface area contributed by atoms with E-state index < -0.39 is 0 Å². The van der Waals surface area contributed by atoms with Crippen molar-refractivity contribution in [3.8, 4) is 0 Å². The Morgan fingerprint density at radius 1 is 1.15 bits per heavy atom. The lowest BCUT2D eigenvalue weighted by molar-refractivity contribution is 1.45. The lowest BCUT2D eigenvalue weighted by Crippen LogP contribution is -1.98. The Hall–Kier alpha value is -1.49. The van der Waals surface area contributed by atoms with Gasteiger partial charge in [-0.05, 0) is 36.8 Å². The van der Waals surface area contributed by atoms with Crippen molar-refractivity contribution in [1.82, 2.24) is 4.98 Å². The van der Waals surface area contributed by atoms with E-state index in [0.29, 0.717) is 15.7 Å². The number of fused-ring (bicyclic) bond motifs is 1. The van der Waals surface area contributed by atoms with Crippen molar-refractivity contribution < 1.29 is 0 Å². The lowest BCUT2D eigenvalue weighted by Gasteiger charge is -2.12. The smallest absolute Gasteiger partial charge is 0.106 e. The maximum Gasteiger partial charge on any atom is 0.106 e. The van der Waals surface area contributed by atoms with Crippen molar-refractivity contribution >= 4 is 61.8 Å². The summed E-state index contributed by atoms with van der Waals surface area (Å²) in [4.78, 5) is 4.27. The van der Waals surface area contributed by atoms with Crippen LogP contribution in [0.4, 0.5) is 17.1 Å². The molecule has 0 bridgehead atoms. The van der Waals surface area contributed by atoms with E-state index >= 15 is 0 Å². The second-order valence-electron chi connectivity index (χ2n) is 4.43. The molecule has 3 N–H and O–H groups in total. The number of nitrogen functional groups attached to an aromatic ring is 1. The van der Waals surface area contributed by atoms with Crippen molar-refractivity contribution in [3.05, 3.63) is 45.4 Å². The van der Waals surface area contributed by atoms with Gasteiger partial charge < -0.3 is 11.1 Å². The van der Waals surface area contributed by atoms with Crippen LogP contribution in [-0.4, -0.2) is 4.98 Å². The molecule has 0 aliphatic rings. The number of hydrogen-bond acceptors (Lipinski definition) is 4. The molecule has 6 heteroatoms. The fraction of sp³-hybridized carbons (Fsp3) is 0.0714. The van der Waals surface area contributed by atoms with Gasteiger partial charge in [-0.1, -0.05) is 23.2 Å². The SMILES string of the molecule is Cc1cc(Cl)c(Nc2ccc3scnc3c2N)cc1Cl. The number of thiazole rings is 1. The molecule has 0 aliphatic heterocycles. The van der Waals surface area contributed by atoms with Gasteiger partial charge in [-0.25, -0.2) is 4.98 Å². The van der Waals surface area contributed by atoms with Crippen molar-refractivity contribution in [2.24, 2.45) is 0 Å². The van der Waals surface area contributed by atoms with Crippen LogP contribution in [0, 0.1) is 6.92 Å². The van der Waals surface area contributed by atoms with Gasteiger partial charge in [-0.3, -0.25) is 0 Å². The van der Waals surface area contributed by atoms with Crippen LogP contribution >= 0.6 is 34.5 Å². The zero-order valence-corrected chi connectivity index (χ0v) is 12.9. The number of nitrogens with zero attached hydrogens (tertiary/aromatic N) is 1. The van der Waals surface area contributed by atoms with Crippen molar-refractivity contribution in [3.63, 3.8) is 0 Å². The summed E-state index contributed by atoms with van der Waals surface area (Å²) < 4.78 is 1.06. The van der Waals surface area contributed by atoms with Crippen LogP contribution in [0.5, 0.6) is 0 Å². The summed E-state index contributed by atoms with van der Waals surface area (Å²) in [5.41, 5.74) is 11.8. The van der Waals surface area contributed by atoms with E-state index in [9.17, 15) is 0 Å². The van der Waals surface area contributed by atoms with E-state index in [1.807, 2.05) is 25.1 Å². The molecule has 3 aromatic rings. The van der Waals surface area contributed by atoms with Crippen molar-refractivity contribution in [2.75, 3.05) is 11.1 Å². The quantitative estimate of drug-likeness (QED) is 0.634. The number of benzene rings is 2. The zero-order chi connectivity index (χ0) is 14.3. The number of aryl methyl sites for hydroxylation is 1. The van der Waals surface area contributed by atoms with Crippen LogP contribution in [-0.2, 0) is 0 Å². The second-order valence-corrected chi connectivity index (χ2v) is 6.13. The summed E-state index contributed by atoms with van der Waals surface area (Å²) in [6.45, 7) is 1.91. The molecule has 3 nitrogen and oxygen atoms in total. The first-order valence-electron chi connectivity index (χ1n) is 5.90. The minimum atomic E-state index is 0.602. The minimum absolute atomic E-state index is 0.602. The molecule has 20 heavy (non-hydrogen) atoms. The Labute approximate surface area is 130 Å². The van der Waals surface area contributed by atoms with Gasteiger partial charge in [0.05, 0.1) is 32.3 Å². The van der Waals surface area contributed by atoms with Gasteiger partial charge in [0.15, 0.2) is 0 Å². The predicted octanol–water partition coefficient (Wildman–Crippen LogP) is 5.24. The van der Waals surface area contributed by atoms with Crippen LogP contribution in [0.1, 0.15) is 5.56 Å².